The summed E-state index contributed by atoms with van der Waals surface area (Å²) in [5.74, 6) is -8.95. The number of carbonyl (C=O) groups excluding carboxylic acids is 4. The molecule has 15 atom stereocenters. The highest BCUT2D eigenvalue weighted by atomic mass is 16.7. The fraction of sp³-hybridized carbons (Fsp3) is 0.857. The Kier molecular flexibility index (Phi) is 4.41. The van der Waals surface area contributed by atoms with Crippen molar-refractivity contribution in [3.8, 4) is 0 Å². The van der Waals surface area contributed by atoms with E-state index in [4.69, 9.17) is 23.7 Å². The van der Waals surface area contributed by atoms with E-state index in [1.807, 2.05) is 13.8 Å². The Labute approximate surface area is 224 Å². The van der Waals surface area contributed by atoms with Gasteiger partial charge in [0, 0.05) is 29.6 Å². The molecule has 0 aromatic rings. The van der Waals surface area contributed by atoms with Gasteiger partial charge in [-0.25, -0.2) is 0 Å². The molecule has 39 heavy (non-hydrogen) atoms. The minimum absolute atomic E-state index is 0.00405. The average molecular weight is 547 g/mol. The van der Waals surface area contributed by atoms with E-state index in [-0.39, 0.29) is 30.8 Å². The van der Waals surface area contributed by atoms with Gasteiger partial charge in [0.2, 0.25) is 5.79 Å². The molecule has 6 saturated heterocycles. The number of Topliss-reactive ketones (excluding diaryl/α,β-unsaturated/α-hetero) is 2. The molecular weight excluding hydrogens is 512 g/mol. The van der Waals surface area contributed by atoms with Crippen LogP contribution in [0.25, 0.3) is 0 Å². The van der Waals surface area contributed by atoms with Gasteiger partial charge in [-0.15, -0.1) is 0 Å². The Hall–Kier alpha value is -1.92. The molecule has 6 aliphatic heterocycles. The maximum atomic E-state index is 14.7. The second-order valence-electron chi connectivity index (χ2n) is 13.9. The molecule has 1 unspecified atom stereocenters. The van der Waals surface area contributed by atoms with Crippen LogP contribution in [0.2, 0.25) is 0 Å². The fourth-order valence-corrected chi connectivity index (χ4v) is 10.6. The third kappa shape index (κ3) is 2.55. The predicted molar refractivity (Wildman–Crippen MR) is 125 cm³/mol. The van der Waals surface area contributed by atoms with Crippen LogP contribution in [0.5, 0.6) is 0 Å². The molecule has 212 valence electrons. The minimum atomic E-state index is -1.81. The zero-order chi connectivity index (χ0) is 27.7. The van der Waals surface area contributed by atoms with E-state index < -0.39 is 100 Å². The molecule has 8 rings (SSSR count). The number of carbonyl (C=O) groups is 4. The van der Waals surface area contributed by atoms with E-state index in [1.165, 1.54) is 6.92 Å². The summed E-state index contributed by atoms with van der Waals surface area (Å²) in [5.41, 5.74) is -3.61. The van der Waals surface area contributed by atoms with Crippen LogP contribution in [0.15, 0.2) is 0 Å². The third-order valence-electron chi connectivity index (χ3n) is 12.0. The first-order valence-electron chi connectivity index (χ1n) is 14.2. The van der Waals surface area contributed by atoms with E-state index in [0.29, 0.717) is 12.8 Å². The highest BCUT2D eigenvalue weighted by molar-refractivity contribution is 5.97. The van der Waals surface area contributed by atoms with Crippen LogP contribution in [-0.4, -0.2) is 80.9 Å². The monoisotopic (exact) mass is 546 g/mol. The first-order chi connectivity index (χ1) is 18.2. The molecule has 8 aliphatic rings. The molecule has 2 N–H and O–H groups in total. The largest absolute Gasteiger partial charge is 0.459 e. The normalized spacial score (nSPS) is 62.4. The van der Waals surface area contributed by atoms with Crippen LogP contribution in [0.4, 0.5) is 0 Å². The number of aliphatic hydroxyl groups excluding tert-OH is 1. The van der Waals surface area contributed by atoms with Crippen molar-refractivity contribution in [1.29, 1.82) is 0 Å². The molecule has 3 spiro atoms. The number of ether oxygens (including phenoxy) is 5. The van der Waals surface area contributed by atoms with Gasteiger partial charge < -0.3 is 33.9 Å². The summed E-state index contributed by atoms with van der Waals surface area (Å²) in [6.07, 6.45) is -2.91. The standard InChI is InChI=1S/C28H34O11/c1-10-16-18-17(11(2)23(33)35-18)38-28-20(16)24(3,21(10)31)5-6-26(39-28)9-27-14(8-15(30)37-27)36-25(4,34)19(27)13(29)7-12(26)22(28)32/h10-14,16-20,29,34H,5-9H2,1-4H3/t10-,11-,12-,13-,14+,16+,17+,18+,19-,20-,24-,25?,26-,27-,28-/m0/s1. The van der Waals surface area contributed by atoms with Crippen molar-refractivity contribution in [3.05, 3.63) is 0 Å². The van der Waals surface area contributed by atoms with Crippen molar-refractivity contribution in [1.82, 2.24) is 0 Å². The highest BCUT2D eigenvalue weighted by Crippen LogP contribution is 2.71. The molecular formula is C28H34O11. The first kappa shape index (κ1) is 24.8. The zero-order valence-corrected chi connectivity index (χ0v) is 22.4. The zero-order valence-electron chi connectivity index (χ0n) is 22.4. The van der Waals surface area contributed by atoms with Crippen molar-refractivity contribution in [3.63, 3.8) is 0 Å². The van der Waals surface area contributed by atoms with Gasteiger partial charge in [0.15, 0.2) is 17.2 Å². The van der Waals surface area contributed by atoms with E-state index in [0.717, 1.165) is 0 Å². The molecule has 6 heterocycles. The molecule has 2 saturated carbocycles. The fourth-order valence-electron chi connectivity index (χ4n) is 10.6. The van der Waals surface area contributed by atoms with Gasteiger partial charge in [0.05, 0.1) is 35.9 Å². The van der Waals surface area contributed by atoms with Gasteiger partial charge in [-0.3, -0.25) is 19.2 Å². The topological polar surface area (TPSA) is 155 Å². The number of ketones is 2. The van der Waals surface area contributed by atoms with Crippen LogP contribution in [0.1, 0.15) is 59.8 Å². The summed E-state index contributed by atoms with van der Waals surface area (Å²) in [6.45, 7) is 6.84. The maximum absolute atomic E-state index is 14.7. The highest BCUT2D eigenvalue weighted by Gasteiger charge is 2.83. The second kappa shape index (κ2) is 6.92. The lowest BCUT2D eigenvalue weighted by Gasteiger charge is -2.50. The van der Waals surface area contributed by atoms with E-state index >= 15 is 0 Å². The molecule has 0 aromatic carbocycles. The van der Waals surface area contributed by atoms with Crippen molar-refractivity contribution in [2.75, 3.05) is 0 Å². The Morgan fingerprint density at radius 2 is 1.67 bits per heavy atom. The molecule has 0 amide bonds. The second-order valence-corrected chi connectivity index (χ2v) is 13.9. The quantitative estimate of drug-likeness (QED) is 0.406. The van der Waals surface area contributed by atoms with Gasteiger partial charge >= 0.3 is 11.9 Å². The molecule has 8 fully saturated rings. The van der Waals surface area contributed by atoms with Crippen molar-refractivity contribution in [2.45, 2.75) is 107 Å². The third-order valence-corrected chi connectivity index (χ3v) is 12.0. The number of esters is 2. The van der Waals surface area contributed by atoms with Gasteiger partial charge in [0.25, 0.3) is 0 Å². The number of aliphatic hydroxyl groups is 2. The first-order valence-corrected chi connectivity index (χ1v) is 14.2. The van der Waals surface area contributed by atoms with Crippen LogP contribution >= 0.6 is 0 Å². The van der Waals surface area contributed by atoms with Crippen LogP contribution in [-0.2, 0) is 42.9 Å². The van der Waals surface area contributed by atoms with Gasteiger partial charge in [-0.05, 0) is 33.1 Å². The van der Waals surface area contributed by atoms with Crippen molar-refractivity contribution in [2.24, 2.45) is 40.9 Å². The number of hydrogen-bond acceptors (Lipinski definition) is 11. The Morgan fingerprint density at radius 1 is 0.923 bits per heavy atom. The van der Waals surface area contributed by atoms with Crippen LogP contribution < -0.4 is 0 Å². The lowest BCUT2D eigenvalue weighted by Crippen LogP contribution is -2.63. The number of hydrogen-bond donors (Lipinski definition) is 2. The predicted octanol–water partition coefficient (Wildman–Crippen LogP) is 0.413. The molecule has 2 aliphatic carbocycles. The summed E-state index contributed by atoms with van der Waals surface area (Å²) in [7, 11) is 0. The SMILES string of the molecule is C[C@@H]1C(=O)O[C@H]2[C@@H]1O[C@]13O[C@@]4(CC[C@]5(C)C(=O)[C@@H](C)[C@H]2[C@H]15)C[C@]12OC(=O)C[C@H]1OC(C)(O)[C@@H]2[C@@H](O)C[C@H]4C3=O. The van der Waals surface area contributed by atoms with Gasteiger partial charge in [-0.2, -0.15) is 0 Å². The van der Waals surface area contributed by atoms with Crippen LogP contribution in [0.3, 0.4) is 0 Å². The van der Waals surface area contributed by atoms with Gasteiger partial charge in [-0.1, -0.05) is 13.8 Å². The summed E-state index contributed by atoms with van der Waals surface area (Å²) in [6, 6.07) is 0. The lowest BCUT2D eigenvalue weighted by molar-refractivity contribution is -0.331. The average Bonchev–Trinajstić information content (AvgIpc) is 3.44. The van der Waals surface area contributed by atoms with Crippen LogP contribution in [0, 0.1) is 40.9 Å². The smallest absolute Gasteiger partial charge is 0.311 e. The van der Waals surface area contributed by atoms with Gasteiger partial charge in [0.1, 0.15) is 24.1 Å². The summed E-state index contributed by atoms with van der Waals surface area (Å²) in [4.78, 5) is 53.9. The van der Waals surface area contributed by atoms with E-state index in [9.17, 15) is 29.4 Å². The molecule has 2 bridgehead atoms. The summed E-state index contributed by atoms with van der Waals surface area (Å²) < 4.78 is 31.2. The minimum Gasteiger partial charge on any atom is -0.459 e. The van der Waals surface area contributed by atoms with E-state index in [1.54, 1.807) is 6.92 Å². The van der Waals surface area contributed by atoms with Crippen molar-refractivity contribution < 1.29 is 53.1 Å². The molecule has 11 heteroatoms. The molecule has 0 radical (unpaired) electrons. The van der Waals surface area contributed by atoms with E-state index in [2.05, 4.69) is 0 Å². The lowest BCUT2D eigenvalue weighted by atomic mass is 9.61. The molecule has 11 nitrogen and oxygen atoms in total. The maximum Gasteiger partial charge on any atom is 0.311 e. The Bertz CT molecular complexity index is 1250. The number of fused-ring (bicyclic) bond motifs is 2. The Morgan fingerprint density at radius 3 is 2.41 bits per heavy atom. The van der Waals surface area contributed by atoms with Crippen molar-refractivity contribution >= 4 is 23.5 Å². The Balaban J connectivity index is 1.31. The summed E-state index contributed by atoms with van der Waals surface area (Å²) in [5, 5.41) is 22.7. The number of rotatable bonds is 0. The molecule has 0 aromatic heterocycles. The summed E-state index contributed by atoms with van der Waals surface area (Å²) >= 11 is 0.